The summed E-state index contributed by atoms with van der Waals surface area (Å²) in [5.41, 5.74) is 2.60. The highest BCUT2D eigenvalue weighted by Crippen LogP contribution is 2.31. The molecule has 1 amide bonds. The van der Waals surface area contributed by atoms with E-state index in [2.05, 4.69) is 10.3 Å². The Labute approximate surface area is 215 Å². The third-order valence-electron chi connectivity index (χ3n) is 5.58. The summed E-state index contributed by atoms with van der Waals surface area (Å²) in [5.74, 6) is 0.797. The minimum atomic E-state index is -0.288. The van der Waals surface area contributed by atoms with Crippen LogP contribution in [0.5, 0.6) is 11.5 Å². The van der Waals surface area contributed by atoms with Crippen LogP contribution in [0.3, 0.4) is 0 Å². The number of aromatic amines is 1. The van der Waals surface area contributed by atoms with E-state index < -0.39 is 0 Å². The molecule has 2 heterocycles. The van der Waals surface area contributed by atoms with Crippen LogP contribution < -0.4 is 20.3 Å². The molecule has 0 unspecified atom stereocenters. The number of methoxy groups -OCH3 is 2. The van der Waals surface area contributed by atoms with Crippen molar-refractivity contribution in [3.8, 4) is 17.2 Å². The van der Waals surface area contributed by atoms with Gasteiger partial charge in [-0.3, -0.25) is 14.2 Å². The standard InChI is InChI=1S/C26H21ClN4O4S/c1-34-20-12-11-17(13-21(20)35-2)31-25(33)24-23(18-5-3-4-6-19(18)29-24)30-26(31)36-14-22(32)28-16-9-7-15(27)8-10-16/h3-13,29H,14H2,1-2H3,(H,28,32). The second-order valence-corrected chi connectivity index (χ2v) is 9.19. The number of carbonyl (C=O) groups is 1. The van der Waals surface area contributed by atoms with Gasteiger partial charge in [-0.05, 0) is 42.5 Å². The number of amides is 1. The van der Waals surface area contributed by atoms with Crippen LogP contribution in [0, 0.1) is 0 Å². The lowest BCUT2D eigenvalue weighted by atomic mass is 10.2. The van der Waals surface area contributed by atoms with Gasteiger partial charge in [0.25, 0.3) is 5.56 Å². The van der Waals surface area contributed by atoms with Crippen molar-refractivity contribution in [1.29, 1.82) is 0 Å². The number of halogens is 1. The summed E-state index contributed by atoms with van der Waals surface area (Å²) >= 11 is 7.09. The summed E-state index contributed by atoms with van der Waals surface area (Å²) in [5, 5.41) is 4.61. The van der Waals surface area contributed by atoms with Gasteiger partial charge in [0.05, 0.1) is 25.7 Å². The quantitative estimate of drug-likeness (QED) is 0.224. The number of para-hydroxylation sites is 1. The third-order valence-corrected chi connectivity index (χ3v) is 6.77. The highest BCUT2D eigenvalue weighted by Gasteiger charge is 2.19. The van der Waals surface area contributed by atoms with Crippen molar-refractivity contribution in [3.63, 3.8) is 0 Å². The minimum absolute atomic E-state index is 0.0379. The Morgan fingerprint density at radius 2 is 1.81 bits per heavy atom. The van der Waals surface area contributed by atoms with E-state index in [1.54, 1.807) is 49.6 Å². The van der Waals surface area contributed by atoms with Gasteiger partial charge in [0.15, 0.2) is 16.7 Å². The number of hydrogen-bond acceptors (Lipinski definition) is 6. The van der Waals surface area contributed by atoms with Crippen LogP contribution in [0.1, 0.15) is 0 Å². The Balaban J connectivity index is 1.58. The number of rotatable bonds is 7. The molecule has 5 aromatic rings. The van der Waals surface area contributed by atoms with Gasteiger partial charge in [-0.15, -0.1) is 0 Å². The maximum atomic E-state index is 13.7. The summed E-state index contributed by atoms with van der Waals surface area (Å²) < 4.78 is 12.2. The number of benzene rings is 3. The molecule has 182 valence electrons. The monoisotopic (exact) mass is 520 g/mol. The topological polar surface area (TPSA) is 98.2 Å². The molecule has 8 nitrogen and oxygen atoms in total. The molecule has 0 aliphatic carbocycles. The number of anilines is 1. The predicted molar refractivity (Wildman–Crippen MR) is 143 cm³/mol. The molecule has 0 spiro atoms. The number of aromatic nitrogens is 3. The zero-order valence-electron chi connectivity index (χ0n) is 19.4. The molecule has 36 heavy (non-hydrogen) atoms. The number of fused-ring (bicyclic) bond motifs is 3. The predicted octanol–water partition coefficient (Wildman–Crippen LogP) is 5.27. The first kappa shape index (κ1) is 23.8. The van der Waals surface area contributed by atoms with Crippen molar-refractivity contribution in [3.05, 3.63) is 82.1 Å². The lowest BCUT2D eigenvalue weighted by Crippen LogP contribution is -2.23. The Bertz CT molecular complexity index is 1650. The summed E-state index contributed by atoms with van der Waals surface area (Å²) in [6.07, 6.45) is 0. The minimum Gasteiger partial charge on any atom is -0.493 e. The Morgan fingerprint density at radius 1 is 1.06 bits per heavy atom. The average molecular weight is 521 g/mol. The van der Waals surface area contributed by atoms with Gasteiger partial charge in [0, 0.05) is 27.7 Å². The van der Waals surface area contributed by atoms with Crippen LogP contribution in [0.4, 0.5) is 5.69 Å². The zero-order valence-corrected chi connectivity index (χ0v) is 20.9. The van der Waals surface area contributed by atoms with Crippen molar-refractivity contribution in [1.82, 2.24) is 14.5 Å². The van der Waals surface area contributed by atoms with Gasteiger partial charge in [-0.2, -0.15) is 0 Å². The van der Waals surface area contributed by atoms with E-state index in [-0.39, 0.29) is 17.2 Å². The Hall–Kier alpha value is -3.95. The number of nitrogens with zero attached hydrogens (tertiary/aromatic N) is 2. The summed E-state index contributed by atoms with van der Waals surface area (Å²) in [4.78, 5) is 34.4. The highest BCUT2D eigenvalue weighted by atomic mass is 35.5. The SMILES string of the molecule is COc1ccc(-n2c(SCC(=O)Nc3ccc(Cl)cc3)nc3c([nH]c4ccccc43)c2=O)cc1OC. The molecule has 3 aromatic carbocycles. The summed E-state index contributed by atoms with van der Waals surface area (Å²) in [6, 6.07) is 19.6. The molecule has 0 saturated carbocycles. The van der Waals surface area contributed by atoms with Crippen LogP contribution in [-0.4, -0.2) is 40.4 Å². The highest BCUT2D eigenvalue weighted by molar-refractivity contribution is 7.99. The fourth-order valence-corrected chi connectivity index (χ4v) is 4.82. The number of ether oxygens (including phenoxy) is 2. The van der Waals surface area contributed by atoms with E-state index >= 15 is 0 Å². The zero-order chi connectivity index (χ0) is 25.2. The van der Waals surface area contributed by atoms with Crippen LogP contribution >= 0.6 is 23.4 Å². The molecule has 10 heteroatoms. The van der Waals surface area contributed by atoms with Crippen molar-refractivity contribution >= 4 is 56.9 Å². The van der Waals surface area contributed by atoms with E-state index in [1.807, 2.05) is 24.3 Å². The van der Waals surface area contributed by atoms with Gasteiger partial charge >= 0.3 is 0 Å². The van der Waals surface area contributed by atoms with Gasteiger partial charge in [-0.25, -0.2) is 4.98 Å². The first-order valence-electron chi connectivity index (χ1n) is 10.9. The maximum absolute atomic E-state index is 13.7. The number of nitrogens with one attached hydrogen (secondary N) is 2. The van der Waals surface area contributed by atoms with Gasteiger partial charge < -0.3 is 19.8 Å². The number of H-pyrrole nitrogens is 1. The van der Waals surface area contributed by atoms with Crippen LogP contribution in [0.2, 0.25) is 5.02 Å². The van der Waals surface area contributed by atoms with Gasteiger partial charge in [0.2, 0.25) is 5.91 Å². The molecule has 2 aromatic heterocycles. The third kappa shape index (κ3) is 4.50. The molecular formula is C26H21ClN4O4S. The van der Waals surface area contributed by atoms with Crippen LogP contribution in [-0.2, 0) is 4.79 Å². The fraction of sp³-hybridized carbons (Fsp3) is 0.115. The van der Waals surface area contributed by atoms with Crippen molar-refractivity contribution < 1.29 is 14.3 Å². The molecule has 2 N–H and O–H groups in total. The molecule has 0 aliphatic heterocycles. The van der Waals surface area contributed by atoms with Gasteiger partial charge in [-0.1, -0.05) is 41.6 Å². The first-order valence-corrected chi connectivity index (χ1v) is 12.3. The molecule has 0 bridgehead atoms. The molecule has 0 atom stereocenters. The van der Waals surface area contributed by atoms with E-state index in [1.165, 1.54) is 11.7 Å². The fourth-order valence-electron chi connectivity index (χ4n) is 3.89. The van der Waals surface area contributed by atoms with Crippen LogP contribution in [0.15, 0.2) is 76.7 Å². The first-order chi connectivity index (χ1) is 17.5. The molecule has 0 fully saturated rings. The Kier molecular flexibility index (Phi) is 6.58. The van der Waals surface area contributed by atoms with Crippen LogP contribution in [0.25, 0.3) is 27.6 Å². The van der Waals surface area contributed by atoms with E-state index in [9.17, 15) is 9.59 Å². The molecule has 0 radical (unpaired) electrons. The molecule has 5 rings (SSSR count). The number of carbonyl (C=O) groups excluding carboxylic acids is 1. The molecule has 0 saturated heterocycles. The number of thioether (sulfide) groups is 1. The van der Waals surface area contributed by atoms with E-state index in [4.69, 9.17) is 26.1 Å². The van der Waals surface area contributed by atoms with E-state index in [0.717, 1.165) is 22.7 Å². The normalized spacial score (nSPS) is 11.1. The second kappa shape index (κ2) is 9.96. The summed E-state index contributed by atoms with van der Waals surface area (Å²) in [7, 11) is 3.07. The Morgan fingerprint density at radius 3 is 2.56 bits per heavy atom. The van der Waals surface area contributed by atoms with E-state index in [0.29, 0.717) is 44.1 Å². The largest absolute Gasteiger partial charge is 0.493 e. The molecule has 0 aliphatic rings. The maximum Gasteiger partial charge on any atom is 0.283 e. The molecular weight excluding hydrogens is 500 g/mol. The number of hydrogen-bond donors (Lipinski definition) is 2. The van der Waals surface area contributed by atoms with Crippen molar-refractivity contribution in [2.75, 3.05) is 25.3 Å². The lowest BCUT2D eigenvalue weighted by Gasteiger charge is -2.14. The van der Waals surface area contributed by atoms with Crippen molar-refractivity contribution in [2.24, 2.45) is 0 Å². The van der Waals surface area contributed by atoms with Crippen molar-refractivity contribution in [2.45, 2.75) is 5.16 Å². The van der Waals surface area contributed by atoms with Gasteiger partial charge in [0.1, 0.15) is 11.0 Å². The summed E-state index contributed by atoms with van der Waals surface area (Å²) in [6.45, 7) is 0. The average Bonchev–Trinajstić information content (AvgIpc) is 3.27. The second-order valence-electron chi connectivity index (χ2n) is 7.81. The smallest absolute Gasteiger partial charge is 0.283 e. The lowest BCUT2D eigenvalue weighted by molar-refractivity contribution is -0.113.